The third-order valence-corrected chi connectivity index (χ3v) is 3.96. The van der Waals surface area contributed by atoms with E-state index in [1.54, 1.807) is 18.9 Å². The van der Waals surface area contributed by atoms with Gasteiger partial charge in [0.1, 0.15) is 12.3 Å². The number of hydrogen-bond donors (Lipinski definition) is 1. The van der Waals surface area contributed by atoms with Crippen LogP contribution in [-0.2, 0) is 13.6 Å². The Hall–Kier alpha value is -1.46. The van der Waals surface area contributed by atoms with E-state index in [1.165, 1.54) is 5.56 Å². The van der Waals surface area contributed by atoms with Crippen molar-refractivity contribution in [3.63, 3.8) is 0 Å². The first kappa shape index (κ1) is 14.0. The van der Waals surface area contributed by atoms with Gasteiger partial charge in [-0.3, -0.25) is 0 Å². The number of nitrogens with zero attached hydrogens (tertiary/aromatic N) is 2. The number of aryl methyl sites for hydroxylation is 1. The van der Waals surface area contributed by atoms with Crippen molar-refractivity contribution in [1.82, 2.24) is 9.55 Å². The van der Waals surface area contributed by atoms with E-state index in [0.29, 0.717) is 0 Å². The molecule has 0 fully saturated rings. The number of methoxy groups -OCH3 is 1. The van der Waals surface area contributed by atoms with Crippen LogP contribution in [0.15, 0.2) is 41.8 Å². The van der Waals surface area contributed by atoms with E-state index < -0.39 is 0 Å². The first-order valence-corrected chi connectivity index (χ1v) is 7.33. The van der Waals surface area contributed by atoms with Crippen LogP contribution in [0.2, 0.25) is 0 Å². The minimum Gasteiger partial charge on any atom is -0.497 e. The number of nitrogens with two attached hydrogens (primary N) is 1. The number of ether oxygens (including phenoxy) is 1. The molecule has 2 rings (SSSR count). The molecule has 0 unspecified atom stereocenters. The quantitative estimate of drug-likeness (QED) is 0.613. The Morgan fingerprint density at radius 1 is 1.32 bits per heavy atom. The molecule has 2 N–H and O–H groups in total. The molecule has 0 saturated heterocycles. The van der Waals surface area contributed by atoms with Crippen molar-refractivity contribution < 1.29 is 10.1 Å². The number of aromatic nitrogens is 2. The van der Waals surface area contributed by atoms with Gasteiger partial charge in [0.05, 0.1) is 19.4 Å². The van der Waals surface area contributed by atoms with Crippen molar-refractivity contribution in [2.45, 2.75) is 11.7 Å². The molecular weight excluding hydrogens is 258 g/mol. The Morgan fingerprint density at radius 2 is 2.11 bits per heavy atom. The second-order valence-corrected chi connectivity index (χ2v) is 5.36. The summed E-state index contributed by atoms with van der Waals surface area (Å²) in [6, 6.07) is 8.24. The van der Waals surface area contributed by atoms with Crippen LogP contribution in [0, 0.1) is 0 Å². The summed E-state index contributed by atoms with van der Waals surface area (Å²) in [6.07, 6.45) is 3.81. The summed E-state index contributed by atoms with van der Waals surface area (Å²) >= 11 is 1.80. The maximum atomic E-state index is 5.14. The smallest absolute Gasteiger partial charge is 0.167 e. The fraction of sp³-hybridized carbons (Fsp3) is 0.357. The average molecular weight is 278 g/mol. The van der Waals surface area contributed by atoms with Crippen molar-refractivity contribution in [3.05, 3.63) is 42.2 Å². The molecule has 1 aromatic heterocycles. The molecule has 0 amide bonds. The number of hydrogen-bond acceptors (Lipinski definition) is 3. The van der Waals surface area contributed by atoms with Crippen LogP contribution in [0.5, 0.6) is 5.75 Å². The molecule has 0 radical (unpaired) electrons. The van der Waals surface area contributed by atoms with Gasteiger partial charge in [-0.15, -0.1) is 0 Å². The zero-order valence-corrected chi connectivity index (χ0v) is 12.2. The Labute approximate surface area is 118 Å². The van der Waals surface area contributed by atoms with Gasteiger partial charge in [0.15, 0.2) is 5.16 Å². The van der Waals surface area contributed by atoms with Crippen LogP contribution >= 0.6 is 11.8 Å². The number of imidazole rings is 1. The summed E-state index contributed by atoms with van der Waals surface area (Å²) in [5, 5.41) is 3.40. The normalized spacial score (nSPS) is 10.6. The van der Waals surface area contributed by atoms with Gasteiger partial charge in [-0.1, -0.05) is 11.8 Å². The monoisotopic (exact) mass is 278 g/mol. The largest absolute Gasteiger partial charge is 0.497 e. The number of benzene rings is 1. The fourth-order valence-corrected chi connectivity index (χ4v) is 2.62. The molecule has 0 spiro atoms. The predicted molar refractivity (Wildman–Crippen MR) is 77.4 cm³/mol. The summed E-state index contributed by atoms with van der Waals surface area (Å²) in [7, 11) is 3.71. The van der Waals surface area contributed by atoms with Gasteiger partial charge >= 0.3 is 0 Å². The SMILES string of the molecule is COc1ccc(C[NH2+]CCSc2nccn2C)cc1. The van der Waals surface area contributed by atoms with E-state index in [4.69, 9.17) is 4.74 Å². The van der Waals surface area contributed by atoms with Gasteiger partial charge < -0.3 is 14.6 Å². The highest BCUT2D eigenvalue weighted by atomic mass is 32.2. The Balaban J connectivity index is 1.65. The second-order valence-electron chi connectivity index (χ2n) is 4.30. The molecule has 0 saturated carbocycles. The highest BCUT2D eigenvalue weighted by Crippen LogP contribution is 2.12. The first-order valence-electron chi connectivity index (χ1n) is 6.34. The average Bonchev–Trinajstić information content (AvgIpc) is 2.85. The van der Waals surface area contributed by atoms with Crippen molar-refractivity contribution in [1.29, 1.82) is 0 Å². The Kier molecular flexibility index (Phi) is 5.30. The van der Waals surface area contributed by atoms with E-state index in [2.05, 4.69) is 22.4 Å². The summed E-state index contributed by atoms with van der Waals surface area (Å²) in [4.78, 5) is 4.29. The molecule has 1 heterocycles. The van der Waals surface area contributed by atoms with Crippen LogP contribution in [-0.4, -0.2) is 29.0 Å². The third-order valence-electron chi connectivity index (χ3n) is 2.87. The van der Waals surface area contributed by atoms with Crippen molar-refractivity contribution in [2.75, 3.05) is 19.4 Å². The topological polar surface area (TPSA) is 43.7 Å². The van der Waals surface area contributed by atoms with Crippen LogP contribution in [0.1, 0.15) is 5.56 Å². The molecule has 0 atom stereocenters. The lowest BCUT2D eigenvalue weighted by molar-refractivity contribution is -0.666. The van der Waals surface area contributed by atoms with E-state index in [1.807, 2.05) is 36.1 Å². The maximum absolute atomic E-state index is 5.14. The lowest BCUT2D eigenvalue weighted by Gasteiger charge is -2.04. The van der Waals surface area contributed by atoms with Gasteiger partial charge in [-0.25, -0.2) is 4.98 Å². The van der Waals surface area contributed by atoms with Crippen LogP contribution in [0.25, 0.3) is 0 Å². The molecule has 5 heteroatoms. The van der Waals surface area contributed by atoms with E-state index >= 15 is 0 Å². The van der Waals surface area contributed by atoms with E-state index in [-0.39, 0.29) is 0 Å². The number of thioether (sulfide) groups is 1. The molecule has 0 aliphatic rings. The van der Waals surface area contributed by atoms with Crippen LogP contribution < -0.4 is 10.1 Å². The summed E-state index contributed by atoms with van der Waals surface area (Å²) in [6.45, 7) is 2.09. The summed E-state index contributed by atoms with van der Waals surface area (Å²) in [5.74, 6) is 1.98. The Morgan fingerprint density at radius 3 is 2.74 bits per heavy atom. The maximum Gasteiger partial charge on any atom is 0.167 e. The van der Waals surface area contributed by atoms with Crippen molar-refractivity contribution in [3.8, 4) is 5.75 Å². The summed E-state index contributed by atoms with van der Waals surface area (Å²) < 4.78 is 7.19. The highest BCUT2D eigenvalue weighted by Gasteiger charge is 2.01. The molecule has 0 bridgehead atoms. The second kappa shape index (κ2) is 7.21. The number of quaternary nitrogens is 1. The highest BCUT2D eigenvalue weighted by molar-refractivity contribution is 7.99. The van der Waals surface area contributed by atoms with Gasteiger partial charge in [-0.05, 0) is 24.3 Å². The van der Waals surface area contributed by atoms with E-state index in [0.717, 1.165) is 29.7 Å². The number of rotatable bonds is 7. The molecule has 102 valence electrons. The molecule has 0 aliphatic heterocycles. The molecule has 1 aromatic carbocycles. The standard InChI is InChI=1S/C14H19N3OS/c1-17-9-7-16-14(17)19-10-8-15-11-12-3-5-13(18-2)6-4-12/h3-7,9,15H,8,10-11H2,1-2H3/p+1. The zero-order chi connectivity index (χ0) is 13.5. The molecule has 0 aliphatic carbocycles. The lowest BCUT2D eigenvalue weighted by atomic mass is 10.2. The third kappa shape index (κ3) is 4.29. The molecule has 4 nitrogen and oxygen atoms in total. The minimum atomic E-state index is 0.911. The summed E-state index contributed by atoms with van der Waals surface area (Å²) in [5.41, 5.74) is 1.32. The van der Waals surface area contributed by atoms with E-state index in [9.17, 15) is 0 Å². The molecular formula is C14H20N3OS+. The van der Waals surface area contributed by atoms with Gasteiger partial charge in [0.2, 0.25) is 0 Å². The van der Waals surface area contributed by atoms with Gasteiger partial charge in [-0.2, -0.15) is 0 Å². The molecule has 19 heavy (non-hydrogen) atoms. The lowest BCUT2D eigenvalue weighted by Crippen LogP contribution is -2.83. The van der Waals surface area contributed by atoms with Crippen molar-refractivity contribution >= 4 is 11.8 Å². The minimum absolute atomic E-state index is 0.911. The first-order chi connectivity index (χ1) is 9.29. The fourth-order valence-electron chi connectivity index (χ4n) is 1.75. The predicted octanol–water partition coefficient (Wildman–Crippen LogP) is 1.28. The zero-order valence-electron chi connectivity index (χ0n) is 11.4. The van der Waals surface area contributed by atoms with Crippen LogP contribution in [0.3, 0.4) is 0 Å². The van der Waals surface area contributed by atoms with Crippen LogP contribution in [0.4, 0.5) is 0 Å². The Bertz CT molecular complexity index is 496. The van der Waals surface area contributed by atoms with Gasteiger partial charge in [0, 0.05) is 25.0 Å². The van der Waals surface area contributed by atoms with Gasteiger partial charge in [0.25, 0.3) is 0 Å². The molecule has 2 aromatic rings. The van der Waals surface area contributed by atoms with Crippen molar-refractivity contribution in [2.24, 2.45) is 7.05 Å².